The molecule has 0 saturated heterocycles. The number of rotatable bonds is 3. The van der Waals surface area contributed by atoms with Gasteiger partial charge in [0.25, 0.3) is 0 Å². The summed E-state index contributed by atoms with van der Waals surface area (Å²) in [5.41, 5.74) is 9.65. The van der Waals surface area contributed by atoms with Crippen molar-refractivity contribution in [2.75, 3.05) is 11.1 Å². The summed E-state index contributed by atoms with van der Waals surface area (Å²) in [6, 6.07) is 13.3. The molecule has 0 aliphatic heterocycles. The van der Waals surface area contributed by atoms with E-state index in [0.29, 0.717) is 17.3 Å². The van der Waals surface area contributed by atoms with Gasteiger partial charge in [0.05, 0.1) is 17.1 Å². The van der Waals surface area contributed by atoms with Crippen molar-refractivity contribution in [1.82, 2.24) is 24.9 Å². The molecule has 0 radical (unpaired) electrons. The van der Waals surface area contributed by atoms with Gasteiger partial charge in [-0.25, -0.2) is 19.9 Å². The minimum atomic E-state index is 0.398. The average Bonchev–Trinajstić information content (AvgIpc) is 2.62. The fraction of sp³-hybridized carbons (Fsp3) is 0.0556. The van der Waals surface area contributed by atoms with Gasteiger partial charge in [0, 0.05) is 23.3 Å². The first-order chi connectivity index (χ1) is 12.2. The van der Waals surface area contributed by atoms with Gasteiger partial charge < -0.3 is 11.1 Å². The van der Waals surface area contributed by atoms with Gasteiger partial charge in [0.1, 0.15) is 18.0 Å². The molecule has 0 bridgehead atoms. The lowest BCUT2D eigenvalue weighted by Crippen LogP contribution is -2.00. The summed E-state index contributed by atoms with van der Waals surface area (Å²) in [4.78, 5) is 21.7. The van der Waals surface area contributed by atoms with E-state index < -0.39 is 0 Å². The van der Waals surface area contributed by atoms with E-state index >= 15 is 0 Å². The van der Waals surface area contributed by atoms with Crippen molar-refractivity contribution in [2.45, 2.75) is 6.92 Å². The number of anilines is 3. The Morgan fingerprint density at radius 2 is 1.84 bits per heavy atom. The van der Waals surface area contributed by atoms with Crippen molar-refractivity contribution in [3.63, 3.8) is 0 Å². The molecule has 0 fully saturated rings. The number of nitrogens with one attached hydrogen (secondary N) is 1. The molecule has 0 amide bonds. The third-order valence-electron chi connectivity index (χ3n) is 3.69. The lowest BCUT2D eigenvalue weighted by atomic mass is 10.1. The smallest absolute Gasteiger partial charge is 0.161 e. The summed E-state index contributed by atoms with van der Waals surface area (Å²) < 4.78 is 0. The molecule has 0 atom stereocenters. The second-order valence-electron chi connectivity index (χ2n) is 5.55. The van der Waals surface area contributed by atoms with E-state index in [1.54, 1.807) is 12.3 Å². The second kappa shape index (κ2) is 6.12. The maximum atomic E-state index is 5.74. The second-order valence-corrected chi connectivity index (χ2v) is 5.55. The van der Waals surface area contributed by atoms with Gasteiger partial charge in [-0.2, -0.15) is 0 Å². The van der Waals surface area contributed by atoms with Gasteiger partial charge in [0.2, 0.25) is 0 Å². The Hall–Kier alpha value is -3.61. The van der Waals surface area contributed by atoms with Crippen molar-refractivity contribution in [2.24, 2.45) is 0 Å². The summed E-state index contributed by atoms with van der Waals surface area (Å²) >= 11 is 0. The lowest BCUT2D eigenvalue weighted by Gasteiger charge is -2.11. The summed E-state index contributed by atoms with van der Waals surface area (Å²) in [6.45, 7) is 1.95. The molecule has 4 rings (SSSR count). The molecular weight excluding hydrogens is 314 g/mol. The summed E-state index contributed by atoms with van der Waals surface area (Å²) in [7, 11) is 0. The number of hydrogen-bond acceptors (Lipinski definition) is 7. The number of nitrogens with zero attached hydrogens (tertiary/aromatic N) is 5. The molecular formula is C18H15N7. The Balaban J connectivity index is 1.87. The van der Waals surface area contributed by atoms with Gasteiger partial charge in [-0.1, -0.05) is 6.07 Å². The van der Waals surface area contributed by atoms with Crippen LogP contribution in [-0.4, -0.2) is 24.9 Å². The monoisotopic (exact) mass is 329 g/mol. The van der Waals surface area contributed by atoms with Crippen LogP contribution in [0.15, 0.2) is 55.0 Å². The van der Waals surface area contributed by atoms with Crippen LogP contribution < -0.4 is 11.1 Å². The summed E-state index contributed by atoms with van der Waals surface area (Å²) in [6.07, 6.45) is 3.14. The van der Waals surface area contributed by atoms with Gasteiger partial charge in [-0.05, 0) is 37.3 Å². The quantitative estimate of drug-likeness (QED) is 0.595. The SMILES string of the molecule is Cc1cccc(-c2cc(Nc3cc(N)ncn3)c3cccnc3n2)n1. The zero-order valence-corrected chi connectivity index (χ0v) is 13.5. The van der Waals surface area contributed by atoms with Crippen LogP contribution in [0.1, 0.15) is 5.69 Å². The van der Waals surface area contributed by atoms with Crippen molar-refractivity contribution in [1.29, 1.82) is 0 Å². The number of aryl methyl sites for hydroxylation is 1. The van der Waals surface area contributed by atoms with Crippen molar-refractivity contribution < 1.29 is 0 Å². The van der Waals surface area contributed by atoms with E-state index in [2.05, 4.69) is 30.2 Å². The molecule has 4 aromatic heterocycles. The third-order valence-corrected chi connectivity index (χ3v) is 3.69. The first kappa shape index (κ1) is 14.9. The Morgan fingerprint density at radius 1 is 0.920 bits per heavy atom. The van der Waals surface area contributed by atoms with Crippen molar-refractivity contribution >= 4 is 28.4 Å². The van der Waals surface area contributed by atoms with Crippen LogP contribution in [0.2, 0.25) is 0 Å². The molecule has 7 heteroatoms. The minimum absolute atomic E-state index is 0.398. The Labute approximate surface area is 144 Å². The van der Waals surface area contributed by atoms with Gasteiger partial charge in [0.15, 0.2) is 5.65 Å². The van der Waals surface area contributed by atoms with Crippen LogP contribution >= 0.6 is 0 Å². The highest BCUT2D eigenvalue weighted by Crippen LogP contribution is 2.28. The Kier molecular flexibility index (Phi) is 3.66. The number of pyridine rings is 3. The Morgan fingerprint density at radius 3 is 2.68 bits per heavy atom. The zero-order chi connectivity index (χ0) is 17.2. The van der Waals surface area contributed by atoms with Crippen LogP contribution in [0.3, 0.4) is 0 Å². The fourth-order valence-electron chi connectivity index (χ4n) is 2.56. The van der Waals surface area contributed by atoms with E-state index in [1.807, 2.05) is 43.3 Å². The average molecular weight is 329 g/mol. The van der Waals surface area contributed by atoms with Crippen LogP contribution in [0.4, 0.5) is 17.3 Å². The van der Waals surface area contributed by atoms with E-state index in [4.69, 9.17) is 5.73 Å². The summed E-state index contributed by atoms with van der Waals surface area (Å²) in [5, 5.41) is 4.16. The maximum Gasteiger partial charge on any atom is 0.161 e. The number of fused-ring (bicyclic) bond motifs is 1. The van der Waals surface area contributed by atoms with Gasteiger partial charge in [-0.15, -0.1) is 0 Å². The van der Waals surface area contributed by atoms with Crippen LogP contribution in [0, 0.1) is 6.92 Å². The molecule has 0 aromatic carbocycles. The highest BCUT2D eigenvalue weighted by atomic mass is 15.0. The van der Waals surface area contributed by atoms with Crippen molar-refractivity contribution in [3.8, 4) is 11.4 Å². The standard InChI is InChI=1S/C18H15N7/c1-11-4-2-6-13(23-11)15-8-14(12-5-3-7-20-18(12)25-15)24-17-9-16(19)21-10-22-17/h2-10H,1H3,(H3,19,20,21,22,24,25). The van der Waals surface area contributed by atoms with Gasteiger partial charge >= 0.3 is 0 Å². The van der Waals surface area contributed by atoms with E-state index in [-0.39, 0.29) is 0 Å². The largest absolute Gasteiger partial charge is 0.384 e. The molecule has 0 aliphatic carbocycles. The van der Waals surface area contributed by atoms with Crippen LogP contribution in [0.25, 0.3) is 22.4 Å². The number of hydrogen-bond donors (Lipinski definition) is 2. The lowest BCUT2D eigenvalue weighted by molar-refractivity contribution is 1.17. The van der Waals surface area contributed by atoms with E-state index in [0.717, 1.165) is 28.2 Å². The van der Waals surface area contributed by atoms with E-state index in [9.17, 15) is 0 Å². The number of nitrogens with two attached hydrogens (primary N) is 1. The molecule has 0 aliphatic rings. The predicted molar refractivity (Wildman–Crippen MR) is 97.2 cm³/mol. The predicted octanol–water partition coefficient (Wildman–Crippen LogP) is 3.12. The third kappa shape index (κ3) is 3.07. The molecule has 4 aromatic rings. The number of aromatic nitrogens is 5. The maximum absolute atomic E-state index is 5.74. The molecule has 0 spiro atoms. The van der Waals surface area contributed by atoms with Gasteiger partial charge in [-0.3, -0.25) is 4.98 Å². The van der Waals surface area contributed by atoms with Crippen LogP contribution in [-0.2, 0) is 0 Å². The van der Waals surface area contributed by atoms with E-state index in [1.165, 1.54) is 6.33 Å². The number of nitrogen functional groups attached to an aromatic ring is 1. The fourth-order valence-corrected chi connectivity index (χ4v) is 2.56. The molecule has 0 unspecified atom stereocenters. The highest BCUT2D eigenvalue weighted by molar-refractivity contribution is 5.92. The molecule has 4 heterocycles. The van der Waals surface area contributed by atoms with Crippen LogP contribution in [0.5, 0.6) is 0 Å². The van der Waals surface area contributed by atoms with Crippen molar-refractivity contribution in [3.05, 3.63) is 60.7 Å². The zero-order valence-electron chi connectivity index (χ0n) is 13.5. The molecule has 25 heavy (non-hydrogen) atoms. The molecule has 3 N–H and O–H groups in total. The highest BCUT2D eigenvalue weighted by Gasteiger charge is 2.10. The first-order valence-electron chi connectivity index (χ1n) is 7.73. The normalized spacial score (nSPS) is 10.8. The minimum Gasteiger partial charge on any atom is -0.384 e. The summed E-state index contributed by atoms with van der Waals surface area (Å²) in [5.74, 6) is 1.00. The molecule has 0 saturated carbocycles. The molecule has 122 valence electrons. The Bertz CT molecular complexity index is 1060. The topological polar surface area (TPSA) is 102 Å². The molecule has 7 nitrogen and oxygen atoms in total. The first-order valence-corrected chi connectivity index (χ1v) is 7.73.